The van der Waals surface area contributed by atoms with Gasteiger partial charge in [-0.1, -0.05) is 5.16 Å². The first-order chi connectivity index (χ1) is 12.1. The summed E-state index contributed by atoms with van der Waals surface area (Å²) in [6, 6.07) is 9.76. The number of nitrogens with zero attached hydrogens (tertiary/aromatic N) is 2. The Labute approximate surface area is 142 Å². The van der Waals surface area contributed by atoms with Crippen LogP contribution in [0.1, 0.15) is 20.7 Å². The topological polar surface area (TPSA) is 120 Å². The van der Waals surface area contributed by atoms with E-state index < -0.39 is 11.8 Å². The summed E-state index contributed by atoms with van der Waals surface area (Å²) in [5, 5.41) is 6.35. The molecule has 2 amide bonds. The van der Waals surface area contributed by atoms with E-state index >= 15 is 0 Å². The molecule has 8 heteroatoms. The summed E-state index contributed by atoms with van der Waals surface area (Å²) in [7, 11) is 1.53. The number of ether oxygens (including phenoxy) is 1. The Bertz CT molecular complexity index is 904. The Morgan fingerprint density at radius 1 is 1.12 bits per heavy atom. The zero-order chi connectivity index (χ0) is 17.8. The highest BCUT2D eigenvalue weighted by Gasteiger charge is 2.24. The molecule has 25 heavy (non-hydrogen) atoms. The highest BCUT2D eigenvalue weighted by molar-refractivity contribution is 6.09. The van der Waals surface area contributed by atoms with Crippen molar-refractivity contribution in [2.24, 2.45) is 5.73 Å². The maximum atomic E-state index is 12.3. The van der Waals surface area contributed by atoms with Crippen LogP contribution in [0.25, 0.3) is 11.3 Å². The lowest BCUT2D eigenvalue weighted by Crippen LogP contribution is -2.17. The molecule has 2 heterocycles. The minimum Gasteiger partial charge on any atom is -0.497 e. The van der Waals surface area contributed by atoms with Crippen molar-refractivity contribution < 1.29 is 18.8 Å². The first kappa shape index (κ1) is 16.2. The van der Waals surface area contributed by atoms with Gasteiger partial charge in [0.1, 0.15) is 17.0 Å². The Balaban J connectivity index is 1.91. The Hall–Kier alpha value is -3.68. The first-order valence-corrected chi connectivity index (χ1v) is 7.25. The highest BCUT2D eigenvalue weighted by Crippen LogP contribution is 2.28. The summed E-state index contributed by atoms with van der Waals surface area (Å²) in [5.74, 6) is -0.727. The molecule has 3 aromatic rings. The summed E-state index contributed by atoms with van der Waals surface area (Å²) in [4.78, 5) is 28.0. The average Bonchev–Trinajstić information content (AvgIpc) is 3.06. The fourth-order valence-corrected chi connectivity index (χ4v) is 2.23. The van der Waals surface area contributed by atoms with Crippen molar-refractivity contribution in [2.45, 2.75) is 0 Å². The molecule has 1 aromatic carbocycles. The lowest BCUT2D eigenvalue weighted by Gasteiger charge is -2.04. The summed E-state index contributed by atoms with van der Waals surface area (Å²) >= 11 is 0. The summed E-state index contributed by atoms with van der Waals surface area (Å²) < 4.78 is 10.2. The van der Waals surface area contributed by atoms with E-state index in [1.807, 2.05) is 0 Å². The molecule has 8 nitrogen and oxygen atoms in total. The number of amides is 2. The fourth-order valence-electron chi connectivity index (χ4n) is 2.23. The molecule has 2 aromatic heterocycles. The number of primary amides is 1. The van der Waals surface area contributed by atoms with Crippen LogP contribution in [-0.2, 0) is 0 Å². The van der Waals surface area contributed by atoms with Gasteiger partial charge in [-0.3, -0.25) is 19.9 Å². The van der Waals surface area contributed by atoms with Crippen molar-refractivity contribution in [3.05, 3.63) is 59.9 Å². The van der Waals surface area contributed by atoms with Gasteiger partial charge >= 0.3 is 0 Å². The van der Waals surface area contributed by atoms with E-state index in [0.717, 1.165) is 0 Å². The van der Waals surface area contributed by atoms with Crippen molar-refractivity contribution in [1.29, 1.82) is 0 Å². The second-order valence-corrected chi connectivity index (χ2v) is 5.02. The second-order valence-electron chi connectivity index (χ2n) is 5.02. The van der Waals surface area contributed by atoms with Gasteiger partial charge in [-0.05, 0) is 36.4 Å². The molecule has 0 fully saturated rings. The van der Waals surface area contributed by atoms with Gasteiger partial charge in [0.15, 0.2) is 0 Å². The van der Waals surface area contributed by atoms with Crippen molar-refractivity contribution >= 4 is 17.7 Å². The van der Waals surface area contributed by atoms with Crippen LogP contribution in [0.4, 0.5) is 5.88 Å². The first-order valence-electron chi connectivity index (χ1n) is 7.25. The third-order valence-corrected chi connectivity index (χ3v) is 3.47. The van der Waals surface area contributed by atoms with Gasteiger partial charge < -0.3 is 15.0 Å². The van der Waals surface area contributed by atoms with E-state index in [1.165, 1.54) is 7.11 Å². The molecule has 0 bridgehead atoms. The lowest BCUT2D eigenvalue weighted by atomic mass is 10.1. The molecule has 0 aliphatic heterocycles. The van der Waals surface area contributed by atoms with Crippen molar-refractivity contribution in [2.75, 3.05) is 12.4 Å². The minimum atomic E-state index is -0.766. The Morgan fingerprint density at radius 2 is 1.80 bits per heavy atom. The summed E-state index contributed by atoms with van der Waals surface area (Å²) in [6.07, 6.45) is 3.09. The van der Waals surface area contributed by atoms with Crippen molar-refractivity contribution in [3.63, 3.8) is 0 Å². The Morgan fingerprint density at radius 3 is 2.40 bits per heavy atom. The molecule has 0 saturated carbocycles. The maximum absolute atomic E-state index is 12.3. The van der Waals surface area contributed by atoms with Gasteiger partial charge in [0.25, 0.3) is 11.8 Å². The highest BCUT2D eigenvalue weighted by atomic mass is 16.5. The predicted molar refractivity (Wildman–Crippen MR) is 89.2 cm³/mol. The van der Waals surface area contributed by atoms with Crippen LogP contribution < -0.4 is 15.8 Å². The zero-order valence-corrected chi connectivity index (χ0v) is 13.2. The molecule has 0 aliphatic carbocycles. The number of nitrogens with two attached hydrogens (primary N) is 1. The molecular weight excluding hydrogens is 324 g/mol. The SMILES string of the molecule is COc1ccc(C(=O)Nc2onc(-c3ccncc3)c2C(N)=O)cc1. The van der Waals surface area contributed by atoms with E-state index in [0.29, 0.717) is 16.9 Å². The number of hydrogen-bond acceptors (Lipinski definition) is 6. The molecule has 3 N–H and O–H groups in total. The molecule has 126 valence electrons. The zero-order valence-electron chi connectivity index (χ0n) is 13.2. The van der Waals surface area contributed by atoms with Crippen LogP contribution in [-0.4, -0.2) is 29.1 Å². The number of aromatic nitrogens is 2. The molecule has 0 unspecified atom stereocenters. The van der Waals surface area contributed by atoms with E-state index in [2.05, 4.69) is 15.5 Å². The number of rotatable bonds is 5. The molecule has 0 saturated heterocycles. The number of carbonyl (C=O) groups is 2. The van der Waals surface area contributed by atoms with Crippen LogP contribution in [0.2, 0.25) is 0 Å². The van der Waals surface area contributed by atoms with Crippen molar-refractivity contribution in [3.8, 4) is 17.0 Å². The lowest BCUT2D eigenvalue weighted by molar-refractivity contribution is 0.100. The van der Waals surface area contributed by atoms with E-state index in [-0.39, 0.29) is 17.1 Å². The van der Waals surface area contributed by atoms with E-state index in [9.17, 15) is 9.59 Å². The standard InChI is InChI=1S/C17H14N4O4/c1-24-12-4-2-11(3-5-12)16(23)20-17-13(15(18)22)14(21-25-17)10-6-8-19-9-7-10/h2-9H,1H3,(H2,18,22)(H,20,23). The monoisotopic (exact) mass is 338 g/mol. The molecular formula is C17H14N4O4. The van der Waals surface area contributed by atoms with E-state index in [1.54, 1.807) is 48.8 Å². The normalized spacial score (nSPS) is 10.3. The Kier molecular flexibility index (Phi) is 4.42. The van der Waals surface area contributed by atoms with Crippen LogP contribution in [0.3, 0.4) is 0 Å². The van der Waals surface area contributed by atoms with Gasteiger partial charge in [-0.15, -0.1) is 0 Å². The number of pyridine rings is 1. The summed E-state index contributed by atoms with van der Waals surface area (Å²) in [5.41, 5.74) is 6.61. The fraction of sp³-hybridized carbons (Fsp3) is 0.0588. The number of nitrogens with one attached hydrogen (secondary N) is 1. The molecule has 0 radical (unpaired) electrons. The molecule has 0 spiro atoms. The average molecular weight is 338 g/mol. The third-order valence-electron chi connectivity index (χ3n) is 3.47. The molecule has 0 aliphatic rings. The number of hydrogen-bond donors (Lipinski definition) is 2. The van der Waals surface area contributed by atoms with Gasteiger partial charge in [0.2, 0.25) is 5.88 Å². The van der Waals surface area contributed by atoms with E-state index in [4.69, 9.17) is 15.0 Å². The quantitative estimate of drug-likeness (QED) is 0.735. The second kappa shape index (κ2) is 6.83. The van der Waals surface area contributed by atoms with Gasteiger partial charge in [-0.25, -0.2) is 0 Å². The summed E-state index contributed by atoms with van der Waals surface area (Å²) in [6.45, 7) is 0. The van der Waals surface area contributed by atoms with Crippen LogP contribution in [0, 0.1) is 0 Å². The molecule has 0 atom stereocenters. The smallest absolute Gasteiger partial charge is 0.258 e. The third kappa shape index (κ3) is 3.32. The van der Waals surface area contributed by atoms with Gasteiger partial charge in [-0.2, -0.15) is 0 Å². The molecule has 3 rings (SSSR count). The van der Waals surface area contributed by atoms with Crippen LogP contribution >= 0.6 is 0 Å². The largest absolute Gasteiger partial charge is 0.497 e. The number of benzene rings is 1. The minimum absolute atomic E-state index is 0.00642. The van der Waals surface area contributed by atoms with Gasteiger partial charge in [0, 0.05) is 23.5 Å². The van der Waals surface area contributed by atoms with Gasteiger partial charge in [0.05, 0.1) is 7.11 Å². The van der Waals surface area contributed by atoms with Crippen LogP contribution in [0.5, 0.6) is 5.75 Å². The number of methoxy groups -OCH3 is 1. The number of anilines is 1. The van der Waals surface area contributed by atoms with Crippen molar-refractivity contribution in [1.82, 2.24) is 10.1 Å². The van der Waals surface area contributed by atoms with Crippen LogP contribution in [0.15, 0.2) is 53.3 Å². The maximum Gasteiger partial charge on any atom is 0.258 e. The predicted octanol–water partition coefficient (Wildman–Crippen LogP) is 2.10. The number of carbonyl (C=O) groups excluding carboxylic acids is 2.